The van der Waals surface area contributed by atoms with E-state index >= 15 is 0 Å². The summed E-state index contributed by atoms with van der Waals surface area (Å²) in [5.74, 6) is 0. The van der Waals surface area contributed by atoms with Crippen molar-refractivity contribution >= 4 is 0 Å². The van der Waals surface area contributed by atoms with Crippen LogP contribution in [0.1, 0.15) is 12.8 Å². The number of aliphatic hydroxyl groups is 2. The minimum atomic E-state index is 0.158. The lowest BCUT2D eigenvalue weighted by molar-refractivity contribution is 0.0713. The van der Waals surface area contributed by atoms with Crippen molar-refractivity contribution in [2.75, 3.05) is 26.3 Å². The van der Waals surface area contributed by atoms with Gasteiger partial charge in [-0.15, -0.1) is 0 Å². The molecule has 0 spiro atoms. The molecule has 4 nitrogen and oxygen atoms in total. The molecule has 0 aromatic heterocycles. The van der Waals surface area contributed by atoms with Crippen molar-refractivity contribution in [1.82, 2.24) is 4.90 Å². The highest BCUT2D eigenvalue weighted by atomic mass is 16.3. The molecule has 0 aliphatic heterocycles. The summed E-state index contributed by atoms with van der Waals surface area (Å²) in [5, 5.41) is 17.5. The summed E-state index contributed by atoms with van der Waals surface area (Å²) in [6.45, 7) is 1.62. The molecular weight excluding hydrogens is 156 g/mol. The molecule has 1 saturated carbocycles. The highest BCUT2D eigenvalue weighted by Crippen LogP contribution is 2.23. The van der Waals surface area contributed by atoms with Crippen LogP contribution in [0.15, 0.2) is 0 Å². The van der Waals surface area contributed by atoms with Gasteiger partial charge in [0.1, 0.15) is 0 Å². The first kappa shape index (κ1) is 9.92. The van der Waals surface area contributed by atoms with Crippen LogP contribution >= 0.6 is 0 Å². The Morgan fingerprint density at radius 3 is 2.00 bits per heavy atom. The molecule has 0 aromatic rings. The second kappa shape index (κ2) is 4.77. The maximum Gasteiger partial charge on any atom is 0.0558 e. The molecule has 0 aromatic carbocycles. The second-order valence-electron chi connectivity index (χ2n) is 3.37. The Morgan fingerprint density at radius 1 is 1.17 bits per heavy atom. The van der Waals surface area contributed by atoms with E-state index < -0.39 is 0 Å². The van der Waals surface area contributed by atoms with Crippen LogP contribution in [0, 0.1) is 0 Å². The first-order valence-electron chi connectivity index (χ1n) is 4.49. The predicted octanol–water partition coefficient (Wildman–Crippen LogP) is -1.24. The van der Waals surface area contributed by atoms with Gasteiger partial charge in [-0.25, -0.2) is 0 Å². The minimum Gasteiger partial charge on any atom is -0.395 e. The number of rotatable bonds is 5. The third-order valence-electron chi connectivity index (χ3n) is 2.44. The number of nitrogens with two attached hydrogens (primary N) is 1. The standard InChI is InChI=1S/C8H18N2O2/c9-7-5-8(6-7)10(1-3-11)2-4-12/h7-8,11-12H,1-6,9H2. The summed E-state index contributed by atoms with van der Waals surface area (Å²) >= 11 is 0. The van der Waals surface area contributed by atoms with Gasteiger partial charge in [-0.2, -0.15) is 0 Å². The lowest BCUT2D eigenvalue weighted by Crippen LogP contribution is -2.52. The van der Waals surface area contributed by atoms with Crippen LogP contribution in [0.4, 0.5) is 0 Å². The zero-order valence-electron chi connectivity index (χ0n) is 7.32. The summed E-state index contributed by atoms with van der Waals surface area (Å²) in [4.78, 5) is 2.10. The van der Waals surface area contributed by atoms with Gasteiger partial charge in [0.2, 0.25) is 0 Å². The summed E-state index contributed by atoms with van der Waals surface area (Å²) in [7, 11) is 0. The fraction of sp³-hybridized carbons (Fsp3) is 1.00. The Balaban J connectivity index is 2.22. The highest BCUT2D eigenvalue weighted by molar-refractivity contribution is 4.89. The minimum absolute atomic E-state index is 0.158. The van der Waals surface area contributed by atoms with Gasteiger partial charge in [-0.05, 0) is 12.8 Å². The molecule has 12 heavy (non-hydrogen) atoms. The van der Waals surface area contributed by atoms with Gasteiger partial charge in [0.25, 0.3) is 0 Å². The average molecular weight is 174 g/mol. The molecule has 1 aliphatic carbocycles. The molecule has 0 amide bonds. The lowest BCUT2D eigenvalue weighted by Gasteiger charge is -2.40. The van der Waals surface area contributed by atoms with Crippen molar-refractivity contribution < 1.29 is 10.2 Å². The van der Waals surface area contributed by atoms with E-state index in [1.807, 2.05) is 0 Å². The SMILES string of the molecule is NC1CC(N(CCO)CCO)C1. The van der Waals surface area contributed by atoms with Crippen molar-refractivity contribution in [3.05, 3.63) is 0 Å². The first-order valence-corrected chi connectivity index (χ1v) is 4.49. The molecule has 72 valence electrons. The number of hydrogen-bond donors (Lipinski definition) is 3. The Labute approximate surface area is 73.0 Å². The molecule has 1 fully saturated rings. The number of aliphatic hydroxyl groups excluding tert-OH is 2. The van der Waals surface area contributed by atoms with E-state index in [0.29, 0.717) is 25.2 Å². The highest BCUT2D eigenvalue weighted by Gasteiger charge is 2.30. The summed E-state index contributed by atoms with van der Waals surface area (Å²) in [6.07, 6.45) is 2.00. The lowest BCUT2D eigenvalue weighted by atomic mass is 9.86. The molecular formula is C8H18N2O2. The second-order valence-corrected chi connectivity index (χ2v) is 3.37. The van der Waals surface area contributed by atoms with Gasteiger partial charge >= 0.3 is 0 Å². The maximum atomic E-state index is 8.74. The average Bonchev–Trinajstić information content (AvgIpc) is 1.99. The monoisotopic (exact) mass is 174 g/mol. The summed E-state index contributed by atoms with van der Waals surface area (Å²) in [5.41, 5.74) is 5.65. The van der Waals surface area contributed by atoms with E-state index in [0.717, 1.165) is 12.8 Å². The topological polar surface area (TPSA) is 69.7 Å². The van der Waals surface area contributed by atoms with Crippen molar-refractivity contribution in [1.29, 1.82) is 0 Å². The third-order valence-corrected chi connectivity index (χ3v) is 2.44. The molecule has 0 saturated heterocycles. The van der Waals surface area contributed by atoms with Gasteiger partial charge < -0.3 is 15.9 Å². The summed E-state index contributed by atoms with van der Waals surface area (Å²) < 4.78 is 0. The fourth-order valence-electron chi connectivity index (χ4n) is 1.66. The van der Waals surface area contributed by atoms with Gasteiger partial charge in [-0.1, -0.05) is 0 Å². The van der Waals surface area contributed by atoms with E-state index in [4.69, 9.17) is 15.9 Å². The molecule has 0 bridgehead atoms. The van der Waals surface area contributed by atoms with Crippen molar-refractivity contribution in [3.8, 4) is 0 Å². The zero-order chi connectivity index (χ0) is 8.97. The van der Waals surface area contributed by atoms with Gasteiger partial charge in [0.15, 0.2) is 0 Å². The number of hydrogen-bond acceptors (Lipinski definition) is 4. The normalized spacial score (nSPS) is 29.0. The maximum absolute atomic E-state index is 8.74. The molecule has 4 N–H and O–H groups in total. The van der Waals surface area contributed by atoms with E-state index in [1.54, 1.807) is 0 Å². The van der Waals surface area contributed by atoms with E-state index in [1.165, 1.54) is 0 Å². The first-order chi connectivity index (χ1) is 5.77. The molecule has 0 atom stereocenters. The predicted molar refractivity (Wildman–Crippen MR) is 46.7 cm³/mol. The van der Waals surface area contributed by atoms with Crippen LogP contribution < -0.4 is 5.73 Å². The zero-order valence-corrected chi connectivity index (χ0v) is 7.32. The van der Waals surface area contributed by atoms with Gasteiger partial charge in [0.05, 0.1) is 13.2 Å². The molecule has 0 heterocycles. The Bertz CT molecular complexity index is 120. The Hall–Kier alpha value is -0.160. The van der Waals surface area contributed by atoms with Gasteiger partial charge in [0, 0.05) is 25.2 Å². The van der Waals surface area contributed by atoms with Crippen molar-refractivity contribution in [2.24, 2.45) is 5.73 Å². The van der Waals surface area contributed by atoms with Crippen molar-refractivity contribution in [3.63, 3.8) is 0 Å². The molecule has 1 rings (SSSR count). The van der Waals surface area contributed by atoms with Crippen molar-refractivity contribution in [2.45, 2.75) is 24.9 Å². The fourth-order valence-corrected chi connectivity index (χ4v) is 1.66. The van der Waals surface area contributed by atoms with E-state index in [2.05, 4.69) is 4.90 Å². The quantitative estimate of drug-likeness (QED) is 0.488. The van der Waals surface area contributed by atoms with Crippen LogP contribution in [0.3, 0.4) is 0 Å². The van der Waals surface area contributed by atoms with Crippen LogP contribution in [-0.4, -0.2) is 53.5 Å². The Kier molecular flexibility index (Phi) is 3.94. The molecule has 1 aliphatic rings. The summed E-state index contributed by atoms with van der Waals surface area (Å²) in [6, 6.07) is 0.814. The van der Waals surface area contributed by atoms with E-state index in [9.17, 15) is 0 Å². The van der Waals surface area contributed by atoms with Crippen LogP contribution in [0.5, 0.6) is 0 Å². The van der Waals surface area contributed by atoms with Crippen LogP contribution in [0.2, 0.25) is 0 Å². The van der Waals surface area contributed by atoms with Gasteiger partial charge in [-0.3, -0.25) is 4.90 Å². The van der Waals surface area contributed by atoms with Crippen LogP contribution in [-0.2, 0) is 0 Å². The van der Waals surface area contributed by atoms with Crippen LogP contribution in [0.25, 0.3) is 0 Å². The third kappa shape index (κ3) is 2.42. The largest absolute Gasteiger partial charge is 0.395 e. The smallest absolute Gasteiger partial charge is 0.0558 e. The Morgan fingerprint density at radius 2 is 1.67 bits per heavy atom. The molecule has 4 heteroatoms. The molecule has 0 unspecified atom stereocenters. The molecule has 0 radical (unpaired) electrons. The number of nitrogens with zero attached hydrogens (tertiary/aromatic N) is 1. The van der Waals surface area contributed by atoms with E-state index in [-0.39, 0.29) is 13.2 Å².